The van der Waals surface area contributed by atoms with Crippen LogP contribution in [0.25, 0.3) is 0 Å². The summed E-state index contributed by atoms with van der Waals surface area (Å²) in [6.45, 7) is 0. The molecule has 0 nitrogen and oxygen atoms in total. The Bertz CT molecular complexity index is 103. The molecule has 1 unspecified atom stereocenters. The maximum atomic E-state index is 2.34. The van der Waals surface area contributed by atoms with Gasteiger partial charge in [-0.2, -0.15) is 11.8 Å². The first-order chi connectivity index (χ1) is 4.93. The number of rotatable bonds is 5. The average Bonchev–Trinajstić information content (AvgIpc) is 2.71. The lowest BCUT2D eigenvalue weighted by Crippen LogP contribution is -1.75. The van der Waals surface area contributed by atoms with E-state index in [9.17, 15) is 0 Å². The molecule has 1 fully saturated rings. The van der Waals surface area contributed by atoms with Gasteiger partial charge in [-0.1, -0.05) is 12.2 Å². The predicted molar refractivity (Wildman–Crippen MR) is 49.2 cm³/mol. The highest BCUT2D eigenvalue weighted by Gasteiger charge is 2.16. The predicted octanol–water partition coefficient (Wildman–Crippen LogP) is 2.91. The Morgan fingerprint density at radius 1 is 1.70 bits per heavy atom. The molecule has 0 spiro atoms. The maximum absolute atomic E-state index is 2.34. The van der Waals surface area contributed by atoms with Crippen molar-refractivity contribution in [1.82, 2.24) is 0 Å². The van der Waals surface area contributed by atoms with E-state index in [1.807, 2.05) is 11.8 Å². The Balaban J connectivity index is 1.83. The Hall–Kier alpha value is 0.0900. The minimum atomic E-state index is 0.842. The molecule has 1 radical (unpaired) electrons. The topological polar surface area (TPSA) is 0 Å². The molecule has 57 valence electrons. The highest BCUT2D eigenvalue weighted by molar-refractivity contribution is 7.98. The van der Waals surface area contributed by atoms with Crippen LogP contribution in [-0.2, 0) is 0 Å². The summed E-state index contributed by atoms with van der Waals surface area (Å²) in [7, 11) is 0. The zero-order chi connectivity index (χ0) is 7.23. The van der Waals surface area contributed by atoms with Crippen molar-refractivity contribution >= 4 is 11.8 Å². The molecule has 0 aliphatic heterocycles. The van der Waals surface area contributed by atoms with Gasteiger partial charge in [-0.05, 0) is 43.6 Å². The molecule has 0 aromatic heterocycles. The van der Waals surface area contributed by atoms with E-state index >= 15 is 0 Å². The van der Waals surface area contributed by atoms with Crippen molar-refractivity contribution in [3.8, 4) is 0 Å². The highest BCUT2D eigenvalue weighted by atomic mass is 32.2. The molecular weight excluding hydrogens is 140 g/mol. The molecule has 1 rings (SSSR count). The Kier molecular flexibility index (Phi) is 3.96. The lowest BCUT2D eigenvalue weighted by molar-refractivity contribution is 0.961. The monoisotopic (exact) mass is 155 g/mol. The van der Waals surface area contributed by atoms with E-state index in [-0.39, 0.29) is 0 Å². The lowest BCUT2D eigenvalue weighted by Gasteiger charge is -1.90. The zero-order valence-corrected chi connectivity index (χ0v) is 7.36. The van der Waals surface area contributed by atoms with Gasteiger partial charge in [-0.3, -0.25) is 0 Å². The summed E-state index contributed by atoms with van der Waals surface area (Å²) in [5, 5.41) is 0. The zero-order valence-electron chi connectivity index (χ0n) is 6.55. The molecular formula is C9H15S. The van der Waals surface area contributed by atoms with Crippen molar-refractivity contribution in [3.63, 3.8) is 0 Å². The largest absolute Gasteiger partial charge is 0.165 e. The number of hydrogen-bond acceptors (Lipinski definition) is 1. The van der Waals surface area contributed by atoms with Crippen molar-refractivity contribution in [2.75, 3.05) is 12.0 Å². The summed E-state index contributed by atoms with van der Waals surface area (Å²) < 4.78 is 0. The fourth-order valence-corrected chi connectivity index (χ4v) is 1.31. The molecule has 1 atom stereocenters. The van der Waals surface area contributed by atoms with Crippen molar-refractivity contribution in [2.45, 2.75) is 19.3 Å². The maximum Gasteiger partial charge on any atom is -0.00674 e. The molecule has 1 aliphatic carbocycles. The Labute approximate surface area is 68.1 Å². The average molecular weight is 155 g/mol. The smallest absolute Gasteiger partial charge is 0.00674 e. The van der Waals surface area contributed by atoms with Gasteiger partial charge in [-0.25, -0.2) is 0 Å². The number of allylic oxidation sites excluding steroid dienone is 2. The number of unbranched alkanes of at least 4 members (excludes halogenated alkanes) is 1. The summed E-state index contributed by atoms with van der Waals surface area (Å²) in [5.74, 6) is 2.15. The molecule has 1 aliphatic rings. The van der Waals surface area contributed by atoms with Gasteiger partial charge >= 0.3 is 0 Å². The molecule has 0 aromatic rings. The molecule has 0 heterocycles. The molecule has 10 heavy (non-hydrogen) atoms. The van der Waals surface area contributed by atoms with Crippen LogP contribution >= 0.6 is 11.8 Å². The standard InChI is InChI=1S/C9H15S/c1-10-8-4-2-3-5-9-6-7-9/h3,5-6,9H,2,4,7-8H2,1H3. The highest BCUT2D eigenvalue weighted by Crippen LogP contribution is 2.28. The second kappa shape index (κ2) is 4.84. The van der Waals surface area contributed by atoms with Crippen LogP contribution in [0.1, 0.15) is 19.3 Å². The van der Waals surface area contributed by atoms with Gasteiger partial charge in [0.25, 0.3) is 0 Å². The van der Waals surface area contributed by atoms with Crippen LogP contribution in [0.2, 0.25) is 0 Å². The molecule has 0 bridgehead atoms. The van der Waals surface area contributed by atoms with Gasteiger partial charge < -0.3 is 0 Å². The van der Waals surface area contributed by atoms with Gasteiger partial charge in [0.05, 0.1) is 0 Å². The first kappa shape index (κ1) is 8.19. The van der Waals surface area contributed by atoms with Gasteiger partial charge in [0.1, 0.15) is 0 Å². The van der Waals surface area contributed by atoms with Gasteiger partial charge in [-0.15, -0.1) is 0 Å². The number of thioether (sulfide) groups is 1. The Morgan fingerprint density at radius 2 is 2.50 bits per heavy atom. The van der Waals surface area contributed by atoms with E-state index in [0.29, 0.717) is 0 Å². The van der Waals surface area contributed by atoms with Crippen LogP contribution in [-0.4, -0.2) is 12.0 Å². The number of hydrogen-bond donors (Lipinski definition) is 0. The van der Waals surface area contributed by atoms with Crippen LogP contribution in [0.4, 0.5) is 0 Å². The summed E-state index contributed by atoms with van der Waals surface area (Å²) in [5.41, 5.74) is 0. The van der Waals surface area contributed by atoms with Crippen LogP contribution in [0.5, 0.6) is 0 Å². The summed E-state index contributed by atoms with van der Waals surface area (Å²) in [6.07, 6.45) is 13.1. The van der Waals surface area contributed by atoms with E-state index in [1.165, 1.54) is 25.0 Å². The minimum absolute atomic E-state index is 0.842. The minimum Gasteiger partial charge on any atom is -0.165 e. The molecule has 0 saturated heterocycles. The lowest BCUT2D eigenvalue weighted by atomic mass is 10.3. The molecule has 0 amide bonds. The summed E-state index contributed by atoms with van der Waals surface area (Å²) in [4.78, 5) is 0. The second-order valence-corrected chi connectivity index (χ2v) is 3.68. The van der Waals surface area contributed by atoms with Crippen LogP contribution < -0.4 is 0 Å². The van der Waals surface area contributed by atoms with E-state index in [4.69, 9.17) is 0 Å². The molecule has 1 saturated carbocycles. The van der Waals surface area contributed by atoms with E-state index < -0.39 is 0 Å². The normalized spacial score (nSPS) is 18.5. The van der Waals surface area contributed by atoms with Crippen LogP contribution in [0.15, 0.2) is 12.2 Å². The first-order valence-electron chi connectivity index (χ1n) is 3.92. The van der Waals surface area contributed by atoms with Crippen LogP contribution in [0.3, 0.4) is 0 Å². The van der Waals surface area contributed by atoms with E-state index in [2.05, 4.69) is 24.8 Å². The third kappa shape index (κ3) is 3.99. The van der Waals surface area contributed by atoms with E-state index in [1.54, 1.807) is 0 Å². The molecule has 0 aromatic carbocycles. The first-order valence-corrected chi connectivity index (χ1v) is 5.32. The van der Waals surface area contributed by atoms with Gasteiger partial charge in [0.2, 0.25) is 0 Å². The van der Waals surface area contributed by atoms with Gasteiger partial charge in [0, 0.05) is 0 Å². The third-order valence-electron chi connectivity index (χ3n) is 1.61. The van der Waals surface area contributed by atoms with Crippen LogP contribution in [0, 0.1) is 12.3 Å². The quantitative estimate of drug-likeness (QED) is 0.434. The van der Waals surface area contributed by atoms with Crippen molar-refractivity contribution in [1.29, 1.82) is 0 Å². The van der Waals surface area contributed by atoms with Crippen molar-refractivity contribution in [3.05, 3.63) is 18.6 Å². The third-order valence-corrected chi connectivity index (χ3v) is 2.31. The second-order valence-electron chi connectivity index (χ2n) is 2.70. The fourth-order valence-electron chi connectivity index (χ4n) is 0.852. The molecule has 1 heteroatoms. The Morgan fingerprint density at radius 3 is 3.10 bits per heavy atom. The van der Waals surface area contributed by atoms with Crippen molar-refractivity contribution < 1.29 is 0 Å². The van der Waals surface area contributed by atoms with E-state index in [0.717, 1.165) is 5.92 Å². The van der Waals surface area contributed by atoms with Gasteiger partial charge in [0.15, 0.2) is 0 Å². The summed E-state index contributed by atoms with van der Waals surface area (Å²) in [6, 6.07) is 0. The van der Waals surface area contributed by atoms with Crippen molar-refractivity contribution in [2.24, 2.45) is 5.92 Å². The fraction of sp³-hybridized carbons (Fsp3) is 0.667. The SMILES string of the molecule is CSCCCC=CC1[CH]C1. The molecule has 0 N–H and O–H groups in total. The summed E-state index contributed by atoms with van der Waals surface area (Å²) >= 11 is 1.93.